The first kappa shape index (κ1) is 20.4. The van der Waals surface area contributed by atoms with Crippen LogP contribution in [0.25, 0.3) is 0 Å². The summed E-state index contributed by atoms with van der Waals surface area (Å²) >= 11 is 0. The lowest BCUT2D eigenvalue weighted by molar-refractivity contribution is -0.122. The quantitative estimate of drug-likeness (QED) is 0.759. The molecule has 0 radical (unpaired) electrons. The van der Waals surface area contributed by atoms with E-state index in [1.807, 2.05) is 23.9 Å². The van der Waals surface area contributed by atoms with Gasteiger partial charge >= 0.3 is 0 Å². The van der Waals surface area contributed by atoms with Crippen LogP contribution in [0.5, 0.6) is 5.75 Å². The van der Waals surface area contributed by atoms with E-state index in [9.17, 15) is 9.18 Å². The topological polar surface area (TPSA) is 98.8 Å². The Labute approximate surface area is 156 Å². The van der Waals surface area contributed by atoms with Gasteiger partial charge in [-0.05, 0) is 44.3 Å². The number of aromatic amines is 1. The smallest absolute Gasteiger partial charge is 0.290 e. The van der Waals surface area contributed by atoms with E-state index >= 15 is 0 Å². The minimum atomic E-state index is -0.352. The third kappa shape index (κ3) is 5.04. The number of likely N-dealkylation sites (N-methyl/N-ethyl adjacent to an activating group) is 1. The summed E-state index contributed by atoms with van der Waals surface area (Å²) in [4.78, 5) is 24.1. The highest BCUT2D eigenvalue weighted by molar-refractivity contribution is 5.55. The number of H-pyrrole nitrogens is 1. The number of benzene rings is 1. The maximum atomic E-state index is 14.2. The van der Waals surface area contributed by atoms with E-state index in [0.717, 1.165) is 23.4 Å². The molecule has 1 aromatic heterocycles. The third-order valence-corrected chi connectivity index (χ3v) is 4.19. The second-order valence-electron chi connectivity index (χ2n) is 6.37. The van der Waals surface area contributed by atoms with Crippen LogP contribution in [0.15, 0.2) is 23.1 Å². The first-order chi connectivity index (χ1) is 12.9. The van der Waals surface area contributed by atoms with Gasteiger partial charge in [0.2, 0.25) is 0 Å². The van der Waals surface area contributed by atoms with Gasteiger partial charge < -0.3 is 19.6 Å². The number of nitrogens with zero attached hydrogens (tertiary/aromatic N) is 3. The Balaban J connectivity index is 0.000000817. The minimum Gasteiger partial charge on any atom is -0.489 e. The summed E-state index contributed by atoms with van der Waals surface area (Å²) in [5, 5.41) is 13.2. The molecule has 0 spiro atoms. The molecule has 0 aliphatic carbocycles. The van der Waals surface area contributed by atoms with Crippen LogP contribution in [-0.4, -0.2) is 53.9 Å². The molecule has 1 aliphatic rings. The van der Waals surface area contributed by atoms with E-state index in [4.69, 9.17) is 14.6 Å². The molecule has 0 unspecified atom stereocenters. The third-order valence-electron chi connectivity index (χ3n) is 4.19. The van der Waals surface area contributed by atoms with E-state index in [0.29, 0.717) is 25.3 Å². The maximum Gasteiger partial charge on any atom is 0.290 e. The van der Waals surface area contributed by atoms with Crippen molar-refractivity contribution >= 4 is 12.2 Å². The van der Waals surface area contributed by atoms with Crippen LogP contribution in [0.1, 0.15) is 16.7 Å². The fourth-order valence-corrected chi connectivity index (χ4v) is 2.79. The molecular weight excluding hydrogens is 355 g/mol. The van der Waals surface area contributed by atoms with Gasteiger partial charge in [-0.2, -0.15) is 5.10 Å². The number of ether oxygens (including phenoxy) is 1. The van der Waals surface area contributed by atoms with Crippen LogP contribution in [0, 0.1) is 12.7 Å². The summed E-state index contributed by atoms with van der Waals surface area (Å²) in [6, 6.07) is 3.28. The van der Waals surface area contributed by atoms with Crippen LogP contribution >= 0.6 is 0 Å². The van der Waals surface area contributed by atoms with E-state index in [1.54, 1.807) is 19.2 Å². The van der Waals surface area contributed by atoms with E-state index in [-0.39, 0.29) is 23.6 Å². The number of aromatic nitrogens is 2. The van der Waals surface area contributed by atoms with Crippen LogP contribution in [0.4, 0.5) is 10.1 Å². The molecule has 2 heterocycles. The molecule has 27 heavy (non-hydrogen) atoms. The van der Waals surface area contributed by atoms with Gasteiger partial charge in [-0.25, -0.2) is 9.49 Å². The van der Waals surface area contributed by atoms with Gasteiger partial charge in [-0.1, -0.05) is 0 Å². The van der Waals surface area contributed by atoms with Crippen molar-refractivity contribution in [3.8, 4) is 5.75 Å². The minimum absolute atomic E-state index is 0.206. The molecule has 0 amide bonds. The number of carbonyl (C=O) groups is 1. The van der Waals surface area contributed by atoms with Crippen LogP contribution in [0.2, 0.25) is 0 Å². The van der Waals surface area contributed by atoms with Crippen molar-refractivity contribution in [3.05, 3.63) is 51.2 Å². The van der Waals surface area contributed by atoms with Gasteiger partial charge in [-0.15, -0.1) is 0 Å². The predicted molar refractivity (Wildman–Crippen MR) is 98.6 cm³/mol. The van der Waals surface area contributed by atoms with Gasteiger partial charge in [0.1, 0.15) is 6.61 Å². The van der Waals surface area contributed by atoms with Crippen LogP contribution in [-0.2, 0) is 17.9 Å². The highest BCUT2D eigenvalue weighted by Crippen LogP contribution is 2.32. The first-order valence-electron chi connectivity index (χ1n) is 8.33. The molecule has 0 saturated carbocycles. The predicted octanol–water partition coefficient (Wildman–Crippen LogP) is 1.38. The maximum absolute atomic E-state index is 14.2. The number of fused-ring (bicyclic) bond motifs is 1. The normalized spacial score (nSPS) is 12.4. The summed E-state index contributed by atoms with van der Waals surface area (Å²) in [5.74, 6) is -0.0756. The van der Waals surface area contributed by atoms with Crippen LogP contribution < -0.4 is 15.2 Å². The van der Waals surface area contributed by atoms with Crippen LogP contribution in [0.3, 0.4) is 0 Å². The van der Waals surface area contributed by atoms with E-state index in [1.165, 1.54) is 6.07 Å². The Morgan fingerprint density at radius 3 is 2.63 bits per heavy atom. The molecule has 2 aromatic rings. The van der Waals surface area contributed by atoms with Gasteiger partial charge in [0.15, 0.2) is 11.6 Å². The number of nitrogens with one attached hydrogen (secondary N) is 1. The summed E-state index contributed by atoms with van der Waals surface area (Å²) in [6.07, 6.45) is 1.63. The molecule has 0 fully saturated rings. The summed E-state index contributed by atoms with van der Waals surface area (Å²) < 4.78 is 19.8. The highest BCUT2D eigenvalue weighted by Gasteiger charge is 2.24. The number of hydrogen-bond donors (Lipinski definition) is 2. The number of rotatable bonds is 5. The molecule has 0 bridgehead atoms. The molecule has 8 nitrogen and oxygen atoms in total. The Morgan fingerprint density at radius 1 is 1.37 bits per heavy atom. The average Bonchev–Trinajstić information content (AvgIpc) is 3.00. The van der Waals surface area contributed by atoms with E-state index in [2.05, 4.69) is 10.2 Å². The largest absolute Gasteiger partial charge is 0.489 e. The Morgan fingerprint density at radius 2 is 2.00 bits per heavy atom. The Hall–Kier alpha value is -2.94. The average molecular weight is 378 g/mol. The number of halogens is 1. The zero-order valence-corrected chi connectivity index (χ0v) is 15.5. The van der Waals surface area contributed by atoms with Crippen molar-refractivity contribution in [2.75, 3.05) is 32.1 Å². The fraction of sp³-hybridized carbons (Fsp3) is 0.389. The van der Waals surface area contributed by atoms with Crippen molar-refractivity contribution in [1.29, 1.82) is 0 Å². The van der Waals surface area contributed by atoms with Crippen molar-refractivity contribution in [1.82, 2.24) is 15.1 Å². The van der Waals surface area contributed by atoms with Gasteiger partial charge in [0, 0.05) is 25.2 Å². The van der Waals surface area contributed by atoms with Crippen molar-refractivity contribution < 1.29 is 19.0 Å². The lowest BCUT2D eigenvalue weighted by Gasteiger charge is -2.18. The molecule has 3 rings (SSSR count). The van der Waals surface area contributed by atoms with Crippen molar-refractivity contribution in [3.63, 3.8) is 0 Å². The zero-order chi connectivity index (χ0) is 20.0. The summed E-state index contributed by atoms with van der Waals surface area (Å²) in [7, 11) is 3.89. The van der Waals surface area contributed by atoms with E-state index < -0.39 is 0 Å². The number of hydrogen-bond acceptors (Lipinski definition) is 6. The van der Waals surface area contributed by atoms with Crippen molar-refractivity contribution in [2.45, 2.75) is 20.0 Å². The molecule has 0 saturated heterocycles. The standard InChI is InChI=1S/C17H21FN4O2.CH2O2/c1-11-15(8-19-20-17(11)23)22-9-12-6-14(18)16(7-13(12)10-22)24-5-4-21(2)3;2-1-3/h6-8H,4-5,9-10H2,1-3H3,(H,20,23);1H,(H,2,3). The fourth-order valence-electron chi connectivity index (χ4n) is 2.79. The summed E-state index contributed by atoms with van der Waals surface area (Å²) in [6.45, 7) is 3.82. The van der Waals surface area contributed by atoms with Gasteiger partial charge in [0.25, 0.3) is 12.0 Å². The molecule has 1 aliphatic heterocycles. The number of anilines is 1. The zero-order valence-electron chi connectivity index (χ0n) is 15.5. The molecule has 2 N–H and O–H groups in total. The lowest BCUT2D eigenvalue weighted by atomic mass is 10.1. The first-order valence-corrected chi connectivity index (χ1v) is 8.33. The molecular formula is C18H23FN4O4. The Bertz CT molecular complexity index is 854. The molecule has 1 aromatic carbocycles. The molecule has 9 heteroatoms. The van der Waals surface area contributed by atoms with Crippen molar-refractivity contribution in [2.24, 2.45) is 0 Å². The van der Waals surface area contributed by atoms with Gasteiger partial charge in [-0.3, -0.25) is 9.59 Å². The SMILES string of the molecule is Cc1c(N2Cc3cc(F)c(OCCN(C)C)cc3C2)cn[nH]c1=O.O=CO. The number of carboxylic acid groups (broad SMARTS) is 1. The molecule has 146 valence electrons. The second-order valence-corrected chi connectivity index (χ2v) is 6.37. The molecule has 0 atom stereocenters. The highest BCUT2D eigenvalue weighted by atomic mass is 19.1. The monoisotopic (exact) mass is 378 g/mol. The second kappa shape index (κ2) is 9.13. The lowest BCUT2D eigenvalue weighted by Crippen LogP contribution is -2.21. The Kier molecular flexibility index (Phi) is 6.89. The summed E-state index contributed by atoms with van der Waals surface area (Å²) in [5.41, 5.74) is 3.09. The van der Waals surface area contributed by atoms with Gasteiger partial charge in [0.05, 0.1) is 11.9 Å².